The van der Waals surface area contributed by atoms with Gasteiger partial charge in [0.2, 0.25) is 5.91 Å². The molecule has 1 aromatic rings. The third-order valence-corrected chi connectivity index (χ3v) is 3.74. The minimum atomic E-state index is -4.52. The normalized spacial score (nSPS) is 16.2. The number of non-ortho nitro benzene ring substituents is 1. The van der Waals surface area contributed by atoms with Gasteiger partial charge in [0.05, 0.1) is 4.92 Å². The number of nitro benzene ring substituents is 1. The molecule has 0 saturated carbocycles. The van der Waals surface area contributed by atoms with Crippen molar-refractivity contribution in [2.24, 2.45) is 0 Å². The summed E-state index contributed by atoms with van der Waals surface area (Å²) in [5.41, 5.74) is 0.209. The minimum Gasteiger partial charge on any atom is -0.508 e. The number of hydrogen-bond acceptors (Lipinski definition) is 5. The van der Waals surface area contributed by atoms with Crippen molar-refractivity contribution in [1.82, 2.24) is 9.80 Å². The highest BCUT2D eigenvalue weighted by molar-refractivity contribution is 5.77. The lowest BCUT2D eigenvalue weighted by atomic mass is 10.1. The van der Waals surface area contributed by atoms with Gasteiger partial charge < -0.3 is 10.0 Å². The van der Waals surface area contributed by atoms with E-state index in [-0.39, 0.29) is 31.1 Å². The number of phenolic OH excluding ortho intramolecular Hbond substituents is 1. The molecular weight excluding hydrogens is 331 g/mol. The molecule has 10 heteroatoms. The molecule has 1 saturated heterocycles. The summed E-state index contributed by atoms with van der Waals surface area (Å²) in [5, 5.41) is 20.5. The monoisotopic (exact) mass is 347 g/mol. The quantitative estimate of drug-likeness (QED) is 0.664. The predicted molar refractivity (Wildman–Crippen MR) is 77.3 cm³/mol. The molecule has 1 N–H and O–H groups in total. The first-order valence-electron chi connectivity index (χ1n) is 7.19. The van der Waals surface area contributed by atoms with Crippen molar-refractivity contribution in [3.63, 3.8) is 0 Å². The Morgan fingerprint density at radius 1 is 1.25 bits per heavy atom. The van der Waals surface area contributed by atoms with E-state index in [1.54, 1.807) is 0 Å². The van der Waals surface area contributed by atoms with Gasteiger partial charge in [0, 0.05) is 50.4 Å². The Morgan fingerprint density at radius 3 is 2.42 bits per heavy atom. The summed E-state index contributed by atoms with van der Waals surface area (Å²) >= 11 is 0. The number of carbonyl (C=O) groups is 1. The lowest BCUT2D eigenvalue weighted by Crippen LogP contribution is -2.49. The molecule has 1 aromatic carbocycles. The number of amides is 1. The fourth-order valence-electron chi connectivity index (χ4n) is 2.49. The van der Waals surface area contributed by atoms with Gasteiger partial charge in [-0.1, -0.05) is 0 Å². The number of benzene rings is 1. The van der Waals surface area contributed by atoms with E-state index in [0.29, 0.717) is 18.7 Å². The molecule has 1 aliphatic rings. The Bertz CT molecular complexity index is 628. The molecule has 1 amide bonds. The summed E-state index contributed by atoms with van der Waals surface area (Å²) < 4.78 is 36.7. The summed E-state index contributed by atoms with van der Waals surface area (Å²) in [6.45, 7) is 1.15. The number of hydrogen-bond donors (Lipinski definition) is 1. The maximum Gasteiger partial charge on any atom is 0.397 e. The number of phenols is 1. The maximum atomic E-state index is 12.2. The molecule has 1 aliphatic heterocycles. The van der Waals surface area contributed by atoms with E-state index in [1.807, 2.05) is 4.90 Å². The zero-order valence-corrected chi connectivity index (χ0v) is 12.6. The number of halogens is 3. The second-order valence-corrected chi connectivity index (χ2v) is 5.52. The average Bonchev–Trinajstić information content (AvgIpc) is 2.48. The molecule has 0 bridgehead atoms. The average molecular weight is 347 g/mol. The molecule has 0 spiro atoms. The third-order valence-electron chi connectivity index (χ3n) is 3.74. The molecule has 0 aromatic heterocycles. The zero-order valence-electron chi connectivity index (χ0n) is 12.6. The fourth-order valence-corrected chi connectivity index (χ4v) is 2.49. The van der Waals surface area contributed by atoms with Gasteiger partial charge in [-0.2, -0.15) is 13.2 Å². The Morgan fingerprint density at radius 2 is 1.88 bits per heavy atom. The van der Waals surface area contributed by atoms with E-state index in [4.69, 9.17) is 0 Å². The second-order valence-electron chi connectivity index (χ2n) is 5.52. The smallest absolute Gasteiger partial charge is 0.397 e. The highest BCUT2D eigenvalue weighted by Gasteiger charge is 2.34. The second kappa shape index (κ2) is 7.04. The highest BCUT2D eigenvalue weighted by atomic mass is 19.4. The van der Waals surface area contributed by atoms with Crippen LogP contribution in [0.1, 0.15) is 12.0 Å². The number of nitrogens with zero attached hydrogens (tertiary/aromatic N) is 3. The molecule has 0 atom stereocenters. The van der Waals surface area contributed by atoms with Gasteiger partial charge >= 0.3 is 6.18 Å². The van der Waals surface area contributed by atoms with E-state index in [2.05, 4.69) is 0 Å². The van der Waals surface area contributed by atoms with E-state index >= 15 is 0 Å². The number of piperazine rings is 1. The van der Waals surface area contributed by atoms with Gasteiger partial charge in [-0.3, -0.25) is 19.8 Å². The van der Waals surface area contributed by atoms with Crippen molar-refractivity contribution >= 4 is 11.6 Å². The molecule has 2 rings (SSSR count). The number of aromatic hydroxyl groups is 1. The van der Waals surface area contributed by atoms with Crippen molar-refractivity contribution in [3.8, 4) is 5.75 Å². The molecule has 0 aliphatic carbocycles. The van der Waals surface area contributed by atoms with Crippen LogP contribution in [0.3, 0.4) is 0 Å². The Kier molecular flexibility index (Phi) is 5.27. The van der Waals surface area contributed by atoms with Crippen LogP contribution in [0.5, 0.6) is 5.75 Å². The first kappa shape index (κ1) is 18.0. The van der Waals surface area contributed by atoms with Gasteiger partial charge in [-0.15, -0.1) is 0 Å². The fraction of sp³-hybridized carbons (Fsp3) is 0.500. The standard InChI is InChI=1S/C14H16F3N3O4/c15-14(16,17)8-13(22)19-5-3-18(4-6-19)9-10-7-11(20(23)24)1-2-12(10)21/h1-2,7,21H,3-6,8-9H2. The van der Waals surface area contributed by atoms with Gasteiger partial charge in [0.15, 0.2) is 0 Å². The molecule has 0 radical (unpaired) electrons. The van der Waals surface area contributed by atoms with Gasteiger partial charge in [0.1, 0.15) is 12.2 Å². The molecule has 7 nitrogen and oxygen atoms in total. The SMILES string of the molecule is O=C(CC(F)(F)F)N1CCN(Cc2cc([N+](=O)[O-])ccc2O)CC1. The van der Waals surface area contributed by atoms with Crippen molar-refractivity contribution in [1.29, 1.82) is 0 Å². The van der Waals surface area contributed by atoms with Gasteiger partial charge in [-0.25, -0.2) is 0 Å². The molecular formula is C14H16F3N3O4. The van der Waals surface area contributed by atoms with Crippen LogP contribution in [0.4, 0.5) is 18.9 Å². The third kappa shape index (κ3) is 4.82. The van der Waals surface area contributed by atoms with Crippen LogP contribution in [-0.4, -0.2) is 58.1 Å². The van der Waals surface area contributed by atoms with E-state index < -0.39 is 23.4 Å². The first-order valence-corrected chi connectivity index (χ1v) is 7.19. The summed E-state index contributed by atoms with van der Waals surface area (Å²) in [6.07, 6.45) is -6.00. The van der Waals surface area contributed by atoms with Crippen molar-refractivity contribution in [2.75, 3.05) is 26.2 Å². The molecule has 1 fully saturated rings. The highest BCUT2D eigenvalue weighted by Crippen LogP contribution is 2.25. The topological polar surface area (TPSA) is 86.9 Å². The molecule has 0 unspecified atom stereocenters. The molecule has 132 valence electrons. The van der Waals surface area contributed by atoms with Crippen molar-refractivity contribution in [2.45, 2.75) is 19.1 Å². The number of rotatable bonds is 4. The van der Waals surface area contributed by atoms with Crippen LogP contribution >= 0.6 is 0 Å². The Balaban J connectivity index is 1.93. The van der Waals surface area contributed by atoms with E-state index in [0.717, 1.165) is 4.90 Å². The Labute approximate surface area is 135 Å². The number of alkyl halides is 3. The summed E-state index contributed by atoms with van der Waals surface area (Å²) in [5.74, 6) is -1.04. The lowest BCUT2D eigenvalue weighted by molar-refractivity contribution is -0.385. The number of carbonyl (C=O) groups excluding carboxylic acids is 1. The van der Waals surface area contributed by atoms with Crippen LogP contribution in [0, 0.1) is 10.1 Å². The summed E-state index contributed by atoms with van der Waals surface area (Å²) in [4.78, 5) is 24.7. The van der Waals surface area contributed by atoms with E-state index in [1.165, 1.54) is 18.2 Å². The van der Waals surface area contributed by atoms with Gasteiger partial charge in [-0.05, 0) is 6.07 Å². The van der Waals surface area contributed by atoms with Crippen LogP contribution in [0.25, 0.3) is 0 Å². The zero-order chi connectivity index (χ0) is 17.9. The van der Waals surface area contributed by atoms with Crippen LogP contribution in [-0.2, 0) is 11.3 Å². The van der Waals surface area contributed by atoms with Crippen LogP contribution in [0.15, 0.2) is 18.2 Å². The maximum absolute atomic E-state index is 12.2. The number of nitro groups is 1. The minimum absolute atomic E-state index is 0.0869. The van der Waals surface area contributed by atoms with Crippen molar-refractivity contribution in [3.05, 3.63) is 33.9 Å². The van der Waals surface area contributed by atoms with Crippen molar-refractivity contribution < 1.29 is 28.0 Å². The van der Waals surface area contributed by atoms with Crippen LogP contribution < -0.4 is 0 Å². The summed E-state index contributed by atoms with van der Waals surface area (Å²) in [7, 11) is 0. The molecule has 24 heavy (non-hydrogen) atoms. The molecule has 1 heterocycles. The summed E-state index contributed by atoms with van der Waals surface area (Å²) in [6, 6.07) is 3.68. The van der Waals surface area contributed by atoms with Gasteiger partial charge in [0.25, 0.3) is 5.69 Å². The first-order chi connectivity index (χ1) is 11.2. The predicted octanol–water partition coefficient (Wildman–Crippen LogP) is 1.90. The van der Waals surface area contributed by atoms with E-state index in [9.17, 15) is 33.2 Å². The van der Waals surface area contributed by atoms with Crippen LogP contribution in [0.2, 0.25) is 0 Å². The Hall–Kier alpha value is -2.36. The largest absolute Gasteiger partial charge is 0.508 e. The lowest BCUT2D eigenvalue weighted by Gasteiger charge is -2.35.